The van der Waals surface area contributed by atoms with Crippen molar-refractivity contribution in [2.45, 2.75) is 13.3 Å². The van der Waals surface area contributed by atoms with Crippen molar-refractivity contribution in [1.82, 2.24) is 0 Å². The largest absolute Gasteiger partial charge is 0.303 e. The van der Waals surface area contributed by atoms with E-state index in [1.807, 2.05) is 31.2 Å². The highest BCUT2D eigenvalue weighted by Gasteiger charge is 1.84. The molecule has 0 saturated heterocycles. The molecule has 0 saturated carbocycles. The van der Waals surface area contributed by atoms with Crippen LogP contribution in [0.1, 0.15) is 13.3 Å². The average molecular weight is 297 g/mol. The standard InChI is InChI=1S/C6H4ClI.C3H6O/c7-5-2-1-3-6(8)4-5;1-2-3-4/h1-4H;3H,2H2,1H3. The number of halogens is 2. The van der Waals surface area contributed by atoms with Crippen LogP contribution in [0.15, 0.2) is 24.3 Å². The van der Waals surface area contributed by atoms with Crippen LogP contribution in [-0.2, 0) is 4.79 Å². The van der Waals surface area contributed by atoms with Crippen LogP contribution in [0, 0.1) is 3.57 Å². The molecule has 66 valence electrons. The van der Waals surface area contributed by atoms with Crippen LogP contribution in [0.25, 0.3) is 0 Å². The highest BCUT2D eigenvalue weighted by molar-refractivity contribution is 14.1. The molecule has 0 aliphatic heterocycles. The Morgan fingerprint density at radius 2 is 2.17 bits per heavy atom. The van der Waals surface area contributed by atoms with Gasteiger partial charge in [0.1, 0.15) is 6.29 Å². The van der Waals surface area contributed by atoms with Crippen LogP contribution in [0.2, 0.25) is 5.02 Å². The van der Waals surface area contributed by atoms with Crippen molar-refractivity contribution in [2.75, 3.05) is 0 Å². The summed E-state index contributed by atoms with van der Waals surface area (Å²) in [6.45, 7) is 1.81. The summed E-state index contributed by atoms with van der Waals surface area (Å²) in [5.74, 6) is 0. The Balaban J connectivity index is 0.000000261. The third-order valence-corrected chi connectivity index (χ3v) is 1.86. The van der Waals surface area contributed by atoms with Gasteiger partial charge in [-0.05, 0) is 40.8 Å². The van der Waals surface area contributed by atoms with Gasteiger partial charge in [-0.2, -0.15) is 0 Å². The number of carbonyl (C=O) groups is 1. The maximum absolute atomic E-state index is 9.17. The first-order chi connectivity index (χ1) is 5.70. The Bertz CT molecular complexity index is 220. The molecule has 0 atom stereocenters. The summed E-state index contributed by atoms with van der Waals surface area (Å²) < 4.78 is 1.18. The number of carbonyl (C=O) groups excluding carboxylic acids is 1. The van der Waals surface area contributed by atoms with E-state index >= 15 is 0 Å². The van der Waals surface area contributed by atoms with Crippen LogP contribution in [0.4, 0.5) is 0 Å². The summed E-state index contributed by atoms with van der Waals surface area (Å²) in [4.78, 5) is 9.17. The summed E-state index contributed by atoms with van der Waals surface area (Å²) in [7, 11) is 0. The molecule has 12 heavy (non-hydrogen) atoms. The van der Waals surface area contributed by atoms with Crippen LogP contribution < -0.4 is 0 Å². The topological polar surface area (TPSA) is 17.1 Å². The molecule has 0 bridgehead atoms. The molecule has 0 aliphatic rings. The van der Waals surface area contributed by atoms with Gasteiger partial charge in [0.2, 0.25) is 0 Å². The molecule has 0 heterocycles. The predicted molar refractivity (Wildman–Crippen MR) is 60.5 cm³/mol. The number of aldehydes is 1. The van der Waals surface area contributed by atoms with Gasteiger partial charge >= 0.3 is 0 Å². The first kappa shape index (κ1) is 11.9. The second-order valence-corrected chi connectivity index (χ2v) is 3.70. The van der Waals surface area contributed by atoms with Gasteiger partial charge in [-0.3, -0.25) is 0 Å². The molecule has 0 spiro atoms. The highest BCUT2D eigenvalue weighted by Crippen LogP contribution is 2.11. The molecule has 1 aromatic carbocycles. The van der Waals surface area contributed by atoms with Crippen molar-refractivity contribution in [1.29, 1.82) is 0 Å². The summed E-state index contributed by atoms with van der Waals surface area (Å²) >= 11 is 7.86. The van der Waals surface area contributed by atoms with E-state index in [-0.39, 0.29) is 0 Å². The number of rotatable bonds is 1. The van der Waals surface area contributed by atoms with Gasteiger partial charge in [0.15, 0.2) is 0 Å². The summed E-state index contributed by atoms with van der Waals surface area (Å²) in [6.07, 6.45) is 1.51. The smallest absolute Gasteiger partial charge is 0.119 e. The first-order valence-corrected chi connectivity index (χ1v) is 5.01. The molecular formula is C9H10ClIO. The van der Waals surface area contributed by atoms with E-state index in [1.165, 1.54) is 3.57 Å². The minimum absolute atomic E-state index is 0.639. The molecule has 1 rings (SSSR count). The Labute approximate surface area is 91.3 Å². The van der Waals surface area contributed by atoms with E-state index in [0.717, 1.165) is 11.3 Å². The molecule has 0 aliphatic carbocycles. The zero-order valence-corrected chi connectivity index (χ0v) is 9.67. The van der Waals surface area contributed by atoms with E-state index in [2.05, 4.69) is 22.6 Å². The van der Waals surface area contributed by atoms with Gasteiger partial charge in [0.05, 0.1) is 0 Å². The van der Waals surface area contributed by atoms with Crippen LogP contribution in [0.5, 0.6) is 0 Å². The van der Waals surface area contributed by atoms with Gasteiger partial charge in [-0.15, -0.1) is 0 Å². The van der Waals surface area contributed by atoms with Crippen molar-refractivity contribution in [3.05, 3.63) is 32.9 Å². The van der Waals surface area contributed by atoms with Crippen molar-refractivity contribution in [3.63, 3.8) is 0 Å². The van der Waals surface area contributed by atoms with Gasteiger partial charge in [0, 0.05) is 15.0 Å². The Hall–Kier alpha value is -0.0900. The Morgan fingerprint density at radius 3 is 2.42 bits per heavy atom. The third-order valence-electron chi connectivity index (χ3n) is 0.953. The van der Waals surface area contributed by atoms with Gasteiger partial charge in [-0.25, -0.2) is 0 Å². The van der Waals surface area contributed by atoms with E-state index in [4.69, 9.17) is 11.6 Å². The van der Waals surface area contributed by atoms with Crippen molar-refractivity contribution >= 4 is 40.5 Å². The van der Waals surface area contributed by atoms with E-state index < -0.39 is 0 Å². The second-order valence-electron chi connectivity index (χ2n) is 2.01. The molecule has 0 amide bonds. The summed E-state index contributed by atoms with van der Waals surface area (Å²) in [6, 6.07) is 7.72. The quantitative estimate of drug-likeness (QED) is 0.572. The number of hydrogen-bond donors (Lipinski definition) is 0. The van der Waals surface area contributed by atoms with Crippen LogP contribution >= 0.6 is 34.2 Å². The van der Waals surface area contributed by atoms with Crippen LogP contribution in [-0.4, -0.2) is 6.29 Å². The molecule has 3 heteroatoms. The zero-order chi connectivity index (χ0) is 9.40. The zero-order valence-electron chi connectivity index (χ0n) is 6.76. The van der Waals surface area contributed by atoms with Gasteiger partial charge < -0.3 is 4.79 Å². The minimum atomic E-state index is 0.639. The lowest BCUT2D eigenvalue weighted by Gasteiger charge is -1.87. The molecule has 0 aromatic heterocycles. The molecular weight excluding hydrogens is 286 g/mol. The normalized spacial score (nSPS) is 8.25. The van der Waals surface area contributed by atoms with Gasteiger partial charge in [0.25, 0.3) is 0 Å². The maximum Gasteiger partial charge on any atom is 0.119 e. The molecule has 1 nitrogen and oxygen atoms in total. The molecule has 1 aromatic rings. The fourth-order valence-electron chi connectivity index (χ4n) is 0.460. The Morgan fingerprint density at radius 1 is 1.58 bits per heavy atom. The lowest BCUT2D eigenvalue weighted by Crippen LogP contribution is -1.65. The van der Waals surface area contributed by atoms with Crippen LogP contribution in [0.3, 0.4) is 0 Å². The molecule has 0 unspecified atom stereocenters. The van der Waals surface area contributed by atoms with Gasteiger partial charge in [-0.1, -0.05) is 24.6 Å². The summed E-state index contributed by atoms with van der Waals surface area (Å²) in [5.41, 5.74) is 0. The van der Waals surface area contributed by atoms with Crippen molar-refractivity contribution < 1.29 is 4.79 Å². The number of hydrogen-bond acceptors (Lipinski definition) is 1. The van der Waals surface area contributed by atoms with E-state index in [1.54, 1.807) is 0 Å². The molecule has 0 radical (unpaired) electrons. The average Bonchev–Trinajstić information content (AvgIpc) is 2.04. The predicted octanol–water partition coefficient (Wildman–Crippen LogP) is 3.54. The van der Waals surface area contributed by atoms with E-state index in [9.17, 15) is 4.79 Å². The van der Waals surface area contributed by atoms with E-state index in [0.29, 0.717) is 6.42 Å². The maximum atomic E-state index is 9.17. The fraction of sp³-hybridized carbons (Fsp3) is 0.222. The van der Waals surface area contributed by atoms with Crippen molar-refractivity contribution in [3.8, 4) is 0 Å². The second kappa shape index (κ2) is 7.55. The lowest BCUT2D eigenvalue weighted by atomic mass is 10.4. The first-order valence-electron chi connectivity index (χ1n) is 3.55. The SMILES string of the molecule is CCC=O.Clc1cccc(I)c1. The Kier molecular flexibility index (Phi) is 7.50. The summed E-state index contributed by atoms with van der Waals surface area (Å²) in [5, 5.41) is 0.803. The molecule has 0 N–H and O–H groups in total. The number of benzene rings is 1. The monoisotopic (exact) mass is 296 g/mol. The third kappa shape index (κ3) is 6.61. The fourth-order valence-corrected chi connectivity index (χ4v) is 1.38. The molecule has 0 fully saturated rings. The lowest BCUT2D eigenvalue weighted by molar-refractivity contribution is -0.107. The van der Waals surface area contributed by atoms with Crippen molar-refractivity contribution in [2.24, 2.45) is 0 Å². The minimum Gasteiger partial charge on any atom is -0.303 e. The highest BCUT2D eigenvalue weighted by atomic mass is 127.